The average molecular weight is 280 g/mol. The molecule has 0 amide bonds. The van der Waals surface area contributed by atoms with Gasteiger partial charge in [0.25, 0.3) is 0 Å². The van der Waals surface area contributed by atoms with Crippen LogP contribution in [0, 0.1) is 11.3 Å². The standard InChI is InChI=1S/C14H20N2O2S/c15-12-8-3-1-2-4-9-13-16-19(17,18)14-10-6-5-7-11-14/h5-7,10-11,16H,1-4,8-9,13H2. The van der Waals surface area contributed by atoms with Crippen LogP contribution in [0.3, 0.4) is 0 Å². The first-order valence-electron chi connectivity index (χ1n) is 6.58. The van der Waals surface area contributed by atoms with Gasteiger partial charge in [-0.15, -0.1) is 0 Å². The molecular formula is C14H20N2O2S. The summed E-state index contributed by atoms with van der Waals surface area (Å²) in [5, 5.41) is 8.38. The Labute approximate surface area is 115 Å². The van der Waals surface area contributed by atoms with Gasteiger partial charge in [0.15, 0.2) is 0 Å². The van der Waals surface area contributed by atoms with Gasteiger partial charge in [0, 0.05) is 13.0 Å². The van der Waals surface area contributed by atoms with Gasteiger partial charge in [-0.25, -0.2) is 13.1 Å². The molecule has 0 aliphatic heterocycles. The summed E-state index contributed by atoms with van der Waals surface area (Å²) in [6, 6.07) is 10.5. The molecule has 0 aromatic heterocycles. The lowest BCUT2D eigenvalue weighted by Gasteiger charge is -2.06. The third-order valence-electron chi connectivity index (χ3n) is 2.81. The SMILES string of the molecule is N#CCCCCCCCNS(=O)(=O)c1ccccc1. The van der Waals surface area contributed by atoms with E-state index in [-0.39, 0.29) is 0 Å². The maximum atomic E-state index is 11.9. The van der Waals surface area contributed by atoms with Gasteiger partial charge in [-0.3, -0.25) is 0 Å². The van der Waals surface area contributed by atoms with E-state index >= 15 is 0 Å². The van der Waals surface area contributed by atoms with Crippen LogP contribution >= 0.6 is 0 Å². The van der Waals surface area contributed by atoms with E-state index in [4.69, 9.17) is 5.26 Å². The highest BCUT2D eigenvalue weighted by molar-refractivity contribution is 7.89. The van der Waals surface area contributed by atoms with Crippen LogP contribution in [0.2, 0.25) is 0 Å². The summed E-state index contributed by atoms with van der Waals surface area (Å²) in [6.07, 6.45) is 5.46. The van der Waals surface area contributed by atoms with Crippen molar-refractivity contribution in [2.45, 2.75) is 43.4 Å². The summed E-state index contributed by atoms with van der Waals surface area (Å²) in [6.45, 7) is 0.468. The van der Waals surface area contributed by atoms with E-state index in [0.29, 0.717) is 17.9 Å². The van der Waals surface area contributed by atoms with Gasteiger partial charge in [-0.05, 0) is 25.0 Å². The van der Waals surface area contributed by atoms with Crippen molar-refractivity contribution in [3.63, 3.8) is 0 Å². The lowest BCUT2D eigenvalue weighted by molar-refractivity contribution is 0.569. The van der Waals surface area contributed by atoms with Crippen LogP contribution in [0.4, 0.5) is 0 Å². The van der Waals surface area contributed by atoms with Crippen molar-refractivity contribution in [2.75, 3.05) is 6.54 Å². The third-order valence-corrected chi connectivity index (χ3v) is 4.29. The molecule has 1 aromatic carbocycles. The van der Waals surface area contributed by atoms with Gasteiger partial charge in [-0.2, -0.15) is 5.26 Å². The van der Waals surface area contributed by atoms with E-state index < -0.39 is 10.0 Å². The Hall–Kier alpha value is -1.38. The van der Waals surface area contributed by atoms with E-state index in [9.17, 15) is 8.42 Å². The molecule has 0 bridgehead atoms. The highest BCUT2D eigenvalue weighted by Crippen LogP contribution is 2.08. The molecule has 1 N–H and O–H groups in total. The normalized spacial score (nSPS) is 11.1. The lowest BCUT2D eigenvalue weighted by atomic mass is 10.1. The molecule has 0 aliphatic rings. The van der Waals surface area contributed by atoms with Crippen LogP contribution in [-0.4, -0.2) is 15.0 Å². The predicted octanol–water partition coefficient (Wildman–Crippen LogP) is 2.83. The summed E-state index contributed by atoms with van der Waals surface area (Å²) >= 11 is 0. The monoisotopic (exact) mass is 280 g/mol. The maximum absolute atomic E-state index is 11.9. The lowest BCUT2D eigenvalue weighted by Crippen LogP contribution is -2.24. The third kappa shape index (κ3) is 6.37. The topological polar surface area (TPSA) is 70.0 Å². The van der Waals surface area contributed by atoms with Crippen LogP contribution in [-0.2, 0) is 10.0 Å². The fraction of sp³-hybridized carbons (Fsp3) is 0.500. The predicted molar refractivity (Wildman–Crippen MR) is 74.9 cm³/mol. The number of hydrogen-bond donors (Lipinski definition) is 1. The van der Waals surface area contributed by atoms with Crippen LogP contribution < -0.4 is 4.72 Å². The van der Waals surface area contributed by atoms with Crippen molar-refractivity contribution in [3.05, 3.63) is 30.3 Å². The highest BCUT2D eigenvalue weighted by atomic mass is 32.2. The molecule has 0 aliphatic carbocycles. The molecule has 0 heterocycles. The maximum Gasteiger partial charge on any atom is 0.240 e. The molecule has 5 heteroatoms. The molecule has 0 atom stereocenters. The summed E-state index contributed by atoms with van der Waals surface area (Å²) in [5.41, 5.74) is 0. The second-order valence-electron chi connectivity index (χ2n) is 4.39. The summed E-state index contributed by atoms with van der Waals surface area (Å²) in [7, 11) is -3.35. The first-order chi connectivity index (χ1) is 9.17. The van der Waals surface area contributed by atoms with Crippen molar-refractivity contribution in [3.8, 4) is 6.07 Å². The van der Waals surface area contributed by atoms with E-state index in [0.717, 1.165) is 32.1 Å². The Bertz CT molecular complexity index is 492. The van der Waals surface area contributed by atoms with Crippen LogP contribution in [0.1, 0.15) is 38.5 Å². The fourth-order valence-corrected chi connectivity index (χ4v) is 2.84. The van der Waals surface area contributed by atoms with Crippen molar-refractivity contribution >= 4 is 10.0 Å². The zero-order valence-corrected chi connectivity index (χ0v) is 11.8. The summed E-state index contributed by atoms with van der Waals surface area (Å²) < 4.78 is 26.3. The first kappa shape index (κ1) is 15.7. The number of rotatable bonds is 9. The fourth-order valence-electron chi connectivity index (χ4n) is 1.75. The van der Waals surface area contributed by atoms with Crippen LogP contribution in [0.25, 0.3) is 0 Å². The molecule has 0 spiro atoms. The number of benzene rings is 1. The smallest absolute Gasteiger partial charge is 0.211 e. The minimum atomic E-state index is -3.35. The molecule has 0 unspecified atom stereocenters. The molecule has 0 saturated heterocycles. The molecule has 0 saturated carbocycles. The first-order valence-corrected chi connectivity index (χ1v) is 8.07. The van der Waals surface area contributed by atoms with Gasteiger partial charge in [0.1, 0.15) is 0 Å². The van der Waals surface area contributed by atoms with Gasteiger partial charge < -0.3 is 0 Å². The number of hydrogen-bond acceptors (Lipinski definition) is 3. The van der Waals surface area contributed by atoms with Gasteiger partial charge in [0.2, 0.25) is 10.0 Å². The van der Waals surface area contributed by atoms with Gasteiger partial charge in [0.05, 0.1) is 11.0 Å². The van der Waals surface area contributed by atoms with Crippen molar-refractivity contribution in [2.24, 2.45) is 0 Å². The van der Waals surface area contributed by atoms with E-state index in [1.54, 1.807) is 30.3 Å². The second-order valence-corrected chi connectivity index (χ2v) is 6.15. The summed E-state index contributed by atoms with van der Waals surface area (Å²) in [4.78, 5) is 0.309. The zero-order valence-electron chi connectivity index (χ0n) is 11.0. The summed E-state index contributed by atoms with van der Waals surface area (Å²) in [5.74, 6) is 0. The van der Waals surface area contributed by atoms with E-state index in [1.807, 2.05) is 0 Å². The second kappa shape index (κ2) is 8.68. The molecule has 0 radical (unpaired) electrons. The Morgan fingerprint density at radius 3 is 2.32 bits per heavy atom. The number of unbranched alkanes of at least 4 members (excludes halogenated alkanes) is 5. The Balaban J connectivity index is 2.18. The zero-order chi connectivity index (χ0) is 14.0. The quantitative estimate of drug-likeness (QED) is 0.707. The van der Waals surface area contributed by atoms with Gasteiger partial charge >= 0.3 is 0 Å². The average Bonchev–Trinajstić information content (AvgIpc) is 2.43. The van der Waals surface area contributed by atoms with Crippen molar-refractivity contribution in [1.82, 2.24) is 4.72 Å². The highest BCUT2D eigenvalue weighted by Gasteiger charge is 2.11. The number of nitrogens with zero attached hydrogens (tertiary/aromatic N) is 1. The van der Waals surface area contributed by atoms with E-state index in [2.05, 4.69) is 10.8 Å². The Morgan fingerprint density at radius 1 is 1.00 bits per heavy atom. The van der Waals surface area contributed by atoms with Crippen LogP contribution in [0.5, 0.6) is 0 Å². The van der Waals surface area contributed by atoms with E-state index in [1.165, 1.54) is 0 Å². The Morgan fingerprint density at radius 2 is 1.63 bits per heavy atom. The largest absolute Gasteiger partial charge is 0.240 e. The molecular weight excluding hydrogens is 260 g/mol. The number of nitriles is 1. The number of sulfonamides is 1. The minimum Gasteiger partial charge on any atom is -0.211 e. The molecule has 1 aromatic rings. The molecule has 104 valence electrons. The molecule has 19 heavy (non-hydrogen) atoms. The molecule has 0 fully saturated rings. The van der Waals surface area contributed by atoms with Crippen LogP contribution in [0.15, 0.2) is 35.2 Å². The van der Waals surface area contributed by atoms with Crippen molar-refractivity contribution in [1.29, 1.82) is 5.26 Å². The molecule has 1 rings (SSSR count). The van der Waals surface area contributed by atoms with Gasteiger partial charge in [-0.1, -0.05) is 37.5 Å². The minimum absolute atomic E-state index is 0.309. The number of nitrogens with one attached hydrogen (secondary N) is 1. The Kier molecular flexibility index (Phi) is 7.16. The molecule has 4 nitrogen and oxygen atoms in total. The van der Waals surface area contributed by atoms with Crippen molar-refractivity contribution < 1.29 is 8.42 Å².